The maximum Gasteiger partial charge on any atom is 0.382 e. The van der Waals surface area contributed by atoms with Crippen LogP contribution in [0.1, 0.15) is 12.5 Å². The van der Waals surface area contributed by atoms with Crippen molar-refractivity contribution in [3.05, 3.63) is 45.6 Å². The highest BCUT2D eigenvalue weighted by molar-refractivity contribution is 5.84. The second kappa shape index (κ2) is 5.86. The summed E-state index contributed by atoms with van der Waals surface area (Å²) in [4.78, 5) is 24.5. The largest absolute Gasteiger partial charge is 0.461 e. The molecular weight excluding hydrogens is 286 g/mol. The fourth-order valence-corrected chi connectivity index (χ4v) is 2.03. The number of halogens is 2. The number of carbonyl (C=O) groups is 1. The normalized spacial score (nSPS) is 12.3. The Morgan fingerprint density at radius 3 is 2.71 bits per heavy atom. The van der Waals surface area contributed by atoms with Crippen molar-refractivity contribution in [3.8, 4) is 0 Å². The molecule has 0 aliphatic heterocycles. The lowest BCUT2D eigenvalue weighted by Gasteiger charge is -2.08. The highest BCUT2D eigenvalue weighted by Gasteiger charge is 2.32. The standard InChI is InChI=1S/C13H12F2N2O4/c1-2-21-13(18)12(17(19)20)3-7-6-16-11-5-10(15)9(14)4-8(7)11/h4-6,12,16H,2-3H2,1H3/t12-/m0/s1. The monoisotopic (exact) mass is 298 g/mol. The molecule has 1 heterocycles. The van der Waals surface area contributed by atoms with Gasteiger partial charge in [0.05, 0.1) is 13.0 Å². The van der Waals surface area contributed by atoms with Crippen LogP contribution in [0.3, 0.4) is 0 Å². The summed E-state index contributed by atoms with van der Waals surface area (Å²) in [5.41, 5.74) is 0.647. The summed E-state index contributed by atoms with van der Waals surface area (Å²) in [5, 5.41) is 11.3. The Morgan fingerprint density at radius 1 is 1.43 bits per heavy atom. The number of fused-ring (bicyclic) bond motifs is 1. The summed E-state index contributed by atoms with van der Waals surface area (Å²) in [5.74, 6) is -3.04. The van der Waals surface area contributed by atoms with E-state index >= 15 is 0 Å². The van der Waals surface area contributed by atoms with E-state index in [9.17, 15) is 23.7 Å². The van der Waals surface area contributed by atoms with Crippen LogP contribution in [-0.2, 0) is 16.0 Å². The van der Waals surface area contributed by atoms with Crippen molar-refractivity contribution in [2.45, 2.75) is 19.4 Å². The molecule has 1 N–H and O–H groups in total. The molecule has 0 unspecified atom stereocenters. The maximum atomic E-state index is 13.3. The molecule has 2 rings (SSSR count). The molecule has 2 aromatic rings. The van der Waals surface area contributed by atoms with Crippen molar-refractivity contribution in [2.24, 2.45) is 0 Å². The average molecular weight is 298 g/mol. The first-order valence-corrected chi connectivity index (χ1v) is 6.19. The van der Waals surface area contributed by atoms with Gasteiger partial charge in [0.15, 0.2) is 11.6 Å². The minimum absolute atomic E-state index is 0.0247. The lowest BCUT2D eigenvalue weighted by atomic mass is 10.1. The smallest absolute Gasteiger partial charge is 0.382 e. The van der Waals surface area contributed by atoms with Gasteiger partial charge in [-0.1, -0.05) is 0 Å². The van der Waals surface area contributed by atoms with Gasteiger partial charge in [0.1, 0.15) is 0 Å². The number of nitrogens with one attached hydrogen (secondary N) is 1. The lowest BCUT2D eigenvalue weighted by molar-refractivity contribution is -0.510. The predicted octanol–water partition coefficient (Wildman–Crippen LogP) is 2.20. The third kappa shape index (κ3) is 2.99. The van der Waals surface area contributed by atoms with E-state index < -0.39 is 28.6 Å². The Labute approximate surface area is 117 Å². The average Bonchev–Trinajstić information content (AvgIpc) is 2.78. The number of nitrogens with zero attached hydrogens (tertiary/aromatic N) is 1. The molecule has 112 valence electrons. The number of ether oxygens (including phenoxy) is 1. The number of rotatable bonds is 5. The van der Waals surface area contributed by atoms with E-state index in [1.54, 1.807) is 6.92 Å². The first-order chi connectivity index (χ1) is 9.93. The third-order valence-corrected chi connectivity index (χ3v) is 3.03. The number of aromatic nitrogens is 1. The van der Waals surface area contributed by atoms with Gasteiger partial charge in [0, 0.05) is 28.1 Å². The molecule has 0 saturated heterocycles. The molecule has 21 heavy (non-hydrogen) atoms. The van der Waals surface area contributed by atoms with Crippen LogP contribution < -0.4 is 0 Å². The molecule has 0 amide bonds. The number of carbonyl (C=O) groups excluding carboxylic acids is 1. The molecule has 1 atom stereocenters. The minimum atomic E-state index is -1.59. The molecule has 0 aliphatic rings. The maximum absolute atomic E-state index is 13.3. The molecule has 1 aromatic carbocycles. The van der Waals surface area contributed by atoms with Crippen LogP contribution in [0.5, 0.6) is 0 Å². The third-order valence-electron chi connectivity index (χ3n) is 3.03. The van der Waals surface area contributed by atoms with Gasteiger partial charge >= 0.3 is 12.0 Å². The molecule has 0 spiro atoms. The van der Waals surface area contributed by atoms with Crippen molar-refractivity contribution in [2.75, 3.05) is 6.61 Å². The molecule has 6 nitrogen and oxygen atoms in total. The van der Waals surface area contributed by atoms with E-state index in [1.165, 1.54) is 6.20 Å². The Kier molecular flexibility index (Phi) is 4.15. The van der Waals surface area contributed by atoms with Crippen LogP contribution in [0.15, 0.2) is 18.3 Å². The summed E-state index contributed by atoms with van der Waals surface area (Å²) >= 11 is 0. The number of nitro groups is 1. The highest BCUT2D eigenvalue weighted by atomic mass is 19.2. The summed E-state index contributed by atoms with van der Waals surface area (Å²) in [7, 11) is 0. The van der Waals surface area contributed by atoms with E-state index in [0.29, 0.717) is 16.5 Å². The first kappa shape index (κ1) is 14.9. The lowest BCUT2D eigenvalue weighted by Crippen LogP contribution is -2.33. The summed E-state index contributed by atoms with van der Waals surface area (Å²) < 4.78 is 31.0. The van der Waals surface area contributed by atoms with Crippen LogP contribution in [-0.4, -0.2) is 28.5 Å². The van der Waals surface area contributed by atoms with E-state index in [-0.39, 0.29) is 13.0 Å². The number of esters is 1. The van der Waals surface area contributed by atoms with Gasteiger partial charge in [-0.05, 0) is 18.6 Å². The molecule has 1 aromatic heterocycles. The van der Waals surface area contributed by atoms with Crippen LogP contribution in [0.25, 0.3) is 10.9 Å². The summed E-state index contributed by atoms with van der Waals surface area (Å²) in [6, 6.07) is 0.315. The summed E-state index contributed by atoms with van der Waals surface area (Å²) in [6.45, 7) is 1.57. The Hall–Kier alpha value is -2.51. The number of benzene rings is 1. The van der Waals surface area contributed by atoms with Crippen molar-refractivity contribution < 1.29 is 23.2 Å². The second-order valence-corrected chi connectivity index (χ2v) is 4.38. The second-order valence-electron chi connectivity index (χ2n) is 4.38. The topological polar surface area (TPSA) is 85.2 Å². The number of hydrogen-bond acceptors (Lipinski definition) is 4. The zero-order chi connectivity index (χ0) is 15.6. The molecule has 8 heteroatoms. The molecule has 0 radical (unpaired) electrons. The Morgan fingerprint density at radius 2 is 2.10 bits per heavy atom. The van der Waals surface area contributed by atoms with Gasteiger partial charge in [-0.3, -0.25) is 10.1 Å². The van der Waals surface area contributed by atoms with Gasteiger partial charge in [-0.25, -0.2) is 13.6 Å². The van der Waals surface area contributed by atoms with Gasteiger partial charge in [-0.15, -0.1) is 0 Å². The Bertz CT molecular complexity index is 699. The number of H-pyrrole nitrogens is 1. The fraction of sp³-hybridized carbons (Fsp3) is 0.308. The quantitative estimate of drug-likeness (QED) is 0.521. The number of hydrogen-bond donors (Lipinski definition) is 1. The van der Waals surface area contributed by atoms with Crippen LogP contribution in [0, 0.1) is 21.7 Å². The van der Waals surface area contributed by atoms with Crippen molar-refractivity contribution >= 4 is 16.9 Å². The Balaban J connectivity index is 2.35. The van der Waals surface area contributed by atoms with E-state index in [0.717, 1.165) is 12.1 Å². The zero-order valence-electron chi connectivity index (χ0n) is 11.1. The van der Waals surface area contributed by atoms with Gasteiger partial charge < -0.3 is 9.72 Å². The SMILES string of the molecule is CCOC(=O)[C@H](Cc1c[nH]c2cc(F)c(F)cc12)[N+](=O)[O-]. The first-order valence-electron chi connectivity index (χ1n) is 6.19. The van der Waals surface area contributed by atoms with Crippen LogP contribution in [0.2, 0.25) is 0 Å². The summed E-state index contributed by atoms with van der Waals surface area (Å²) in [6.07, 6.45) is 1.12. The zero-order valence-corrected chi connectivity index (χ0v) is 11.1. The van der Waals surface area contributed by atoms with Crippen molar-refractivity contribution in [1.82, 2.24) is 4.98 Å². The molecule has 0 bridgehead atoms. The van der Waals surface area contributed by atoms with Crippen LogP contribution >= 0.6 is 0 Å². The van der Waals surface area contributed by atoms with Gasteiger partial charge in [-0.2, -0.15) is 0 Å². The van der Waals surface area contributed by atoms with Crippen LogP contribution in [0.4, 0.5) is 8.78 Å². The molecular formula is C13H12F2N2O4. The predicted molar refractivity (Wildman–Crippen MR) is 69.3 cm³/mol. The van der Waals surface area contributed by atoms with Gasteiger partial charge in [0.25, 0.3) is 0 Å². The van der Waals surface area contributed by atoms with Gasteiger partial charge in [0.2, 0.25) is 0 Å². The molecule has 0 fully saturated rings. The van der Waals surface area contributed by atoms with E-state index in [2.05, 4.69) is 9.72 Å². The van der Waals surface area contributed by atoms with Crippen molar-refractivity contribution in [3.63, 3.8) is 0 Å². The van der Waals surface area contributed by atoms with Crippen molar-refractivity contribution in [1.29, 1.82) is 0 Å². The van der Waals surface area contributed by atoms with E-state index in [4.69, 9.17) is 0 Å². The molecule has 0 saturated carbocycles. The van der Waals surface area contributed by atoms with E-state index in [1.807, 2.05) is 0 Å². The fourth-order valence-electron chi connectivity index (χ4n) is 2.03. The highest BCUT2D eigenvalue weighted by Crippen LogP contribution is 2.23. The molecule has 0 aliphatic carbocycles. The number of aromatic amines is 1. The minimum Gasteiger partial charge on any atom is -0.461 e.